The molecule has 0 saturated carbocycles. The summed E-state index contributed by atoms with van der Waals surface area (Å²) in [6, 6.07) is 6.48. The molecule has 3 rings (SSSR count). The maximum atomic E-state index is 12.2. The van der Waals surface area contributed by atoms with E-state index in [1.165, 1.54) is 11.3 Å². The Bertz CT molecular complexity index is 785. The van der Waals surface area contributed by atoms with E-state index >= 15 is 0 Å². The van der Waals surface area contributed by atoms with Crippen LogP contribution in [0.3, 0.4) is 0 Å². The fourth-order valence-corrected chi connectivity index (χ4v) is 3.27. The molecule has 0 fully saturated rings. The van der Waals surface area contributed by atoms with Gasteiger partial charge in [-0.25, -0.2) is 4.98 Å². The van der Waals surface area contributed by atoms with Gasteiger partial charge in [-0.3, -0.25) is 4.79 Å². The summed E-state index contributed by atoms with van der Waals surface area (Å²) in [5.74, 6) is -0.00920. The normalized spacial score (nSPS) is 13.6. The van der Waals surface area contributed by atoms with Crippen molar-refractivity contribution in [2.24, 2.45) is 0 Å². The van der Waals surface area contributed by atoms with E-state index in [1.54, 1.807) is 6.33 Å². The molecule has 2 heterocycles. The predicted octanol–water partition coefficient (Wildman–Crippen LogP) is 3.01. The average Bonchev–Trinajstić information content (AvgIpc) is 3.12. The van der Waals surface area contributed by atoms with Crippen LogP contribution in [0.4, 0.5) is 5.69 Å². The van der Waals surface area contributed by atoms with Crippen LogP contribution < -0.4 is 10.2 Å². The number of carbonyl (C=O) groups excluding carboxylic acids is 1. The highest BCUT2D eigenvalue weighted by Crippen LogP contribution is 2.32. The molecule has 132 valence electrons. The number of amides is 1. The molecule has 0 aliphatic carbocycles. The Morgan fingerprint density at radius 3 is 2.92 bits per heavy atom. The van der Waals surface area contributed by atoms with E-state index in [0.717, 1.165) is 30.8 Å². The molecule has 2 aromatic rings. The Hall–Kier alpha value is -2.56. The smallest absolute Gasteiger partial charge is 0.240 e. The van der Waals surface area contributed by atoms with Crippen LogP contribution in [-0.4, -0.2) is 34.1 Å². The molecule has 0 bridgehead atoms. The number of hydrogen-bond acceptors (Lipinski definition) is 3. The van der Waals surface area contributed by atoms with Crippen molar-refractivity contribution >= 4 is 11.6 Å². The summed E-state index contributed by atoms with van der Waals surface area (Å²) in [7, 11) is 0. The van der Waals surface area contributed by atoms with Gasteiger partial charge in [0.15, 0.2) is 0 Å². The van der Waals surface area contributed by atoms with Crippen molar-refractivity contribution in [2.45, 2.75) is 39.3 Å². The number of carbonyl (C=O) groups is 1. The van der Waals surface area contributed by atoms with Crippen LogP contribution in [0.25, 0.3) is 11.3 Å². The van der Waals surface area contributed by atoms with Gasteiger partial charge in [-0.1, -0.05) is 12.1 Å². The Labute approximate surface area is 149 Å². The highest BCUT2D eigenvalue weighted by Gasteiger charge is 2.20. The average molecular weight is 338 g/mol. The lowest BCUT2D eigenvalue weighted by molar-refractivity contribution is -0.123. The highest BCUT2D eigenvalue weighted by molar-refractivity contribution is 5.77. The molecule has 5 nitrogen and oxygen atoms in total. The van der Waals surface area contributed by atoms with Gasteiger partial charge in [-0.15, -0.1) is 6.58 Å². The summed E-state index contributed by atoms with van der Waals surface area (Å²) in [5, 5.41) is 2.99. The lowest BCUT2D eigenvalue weighted by Gasteiger charge is -2.21. The van der Waals surface area contributed by atoms with E-state index in [1.807, 2.05) is 37.6 Å². The molecule has 1 amide bonds. The number of benzene rings is 1. The van der Waals surface area contributed by atoms with Crippen LogP contribution in [0.1, 0.15) is 26.3 Å². The maximum absolute atomic E-state index is 12.2. The number of anilines is 1. The summed E-state index contributed by atoms with van der Waals surface area (Å²) < 4.78 is 1.90. The zero-order valence-electron chi connectivity index (χ0n) is 15.2. The SMILES string of the molecule is C=CCN1CCc2cc(-c3cncn3CC(=O)NC(C)(C)C)ccc21. The summed E-state index contributed by atoms with van der Waals surface area (Å²) in [6.45, 7) is 11.9. The minimum absolute atomic E-state index is 0.00920. The Morgan fingerprint density at radius 2 is 2.20 bits per heavy atom. The molecule has 0 unspecified atom stereocenters. The van der Waals surface area contributed by atoms with Gasteiger partial charge in [0.2, 0.25) is 5.91 Å². The molecule has 1 aliphatic rings. The number of nitrogens with one attached hydrogen (secondary N) is 1. The van der Waals surface area contributed by atoms with Gasteiger partial charge in [-0.2, -0.15) is 0 Å². The summed E-state index contributed by atoms with van der Waals surface area (Å²) in [6.07, 6.45) is 6.51. The van der Waals surface area contributed by atoms with Crippen molar-refractivity contribution in [1.82, 2.24) is 14.9 Å². The van der Waals surface area contributed by atoms with Gasteiger partial charge in [0.1, 0.15) is 6.54 Å². The third-order valence-corrected chi connectivity index (χ3v) is 4.26. The van der Waals surface area contributed by atoms with Crippen LogP contribution in [0, 0.1) is 0 Å². The molecular formula is C20H26N4O. The molecule has 5 heteroatoms. The molecule has 1 N–H and O–H groups in total. The van der Waals surface area contributed by atoms with Crippen molar-refractivity contribution < 1.29 is 4.79 Å². The second kappa shape index (κ2) is 6.75. The third kappa shape index (κ3) is 3.92. The van der Waals surface area contributed by atoms with Gasteiger partial charge in [-0.05, 0) is 44.9 Å². The Kier molecular flexibility index (Phi) is 4.66. The molecule has 1 aliphatic heterocycles. The van der Waals surface area contributed by atoms with Crippen LogP contribution in [0.2, 0.25) is 0 Å². The van der Waals surface area contributed by atoms with Gasteiger partial charge < -0.3 is 14.8 Å². The van der Waals surface area contributed by atoms with Crippen molar-refractivity contribution in [3.05, 3.63) is 48.9 Å². The first-order chi connectivity index (χ1) is 11.9. The first-order valence-electron chi connectivity index (χ1n) is 8.67. The second-order valence-electron chi connectivity index (χ2n) is 7.53. The molecule has 0 spiro atoms. The minimum atomic E-state index is -0.236. The molecule has 1 aromatic heterocycles. The zero-order chi connectivity index (χ0) is 18.0. The molecule has 0 saturated heterocycles. The van der Waals surface area contributed by atoms with E-state index in [2.05, 4.69) is 40.0 Å². The van der Waals surface area contributed by atoms with Crippen molar-refractivity contribution in [3.8, 4) is 11.3 Å². The van der Waals surface area contributed by atoms with Gasteiger partial charge >= 0.3 is 0 Å². The summed E-state index contributed by atoms with van der Waals surface area (Å²) >= 11 is 0. The summed E-state index contributed by atoms with van der Waals surface area (Å²) in [5.41, 5.74) is 4.45. The predicted molar refractivity (Wildman–Crippen MR) is 102 cm³/mol. The van der Waals surface area contributed by atoms with E-state index in [-0.39, 0.29) is 18.0 Å². The van der Waals surface area contributed by atoms with Crippen molar-refractivity contribution in [1.29, 1.82) is 0 Å². The van der Waals surface area contributed by atoms with Crippen molar-refractivity contribution in [2.75, 3.05) is 18.0 Å². The lowest BCUT2D eigenvalue weighted by Crippen LogP contribution is -2.42. The van der Waals surface area contributed by atoms with Crippen LogP contribution >= 0.6 is 0 Å². The van der Waals surface area contributed by atoms with Gasteiger partial charge in [0.25, 0.3) is 0 Å². The number of aromatic nitrogens is 2. The second-order valence-corrected chi connectivity index (χ2v) is 7.53. The molecule has 1 aromatic carbocycles. The minimum Gasteiger partial charge on any atom is -0.367 e. The van der Waals surface area contributed by atoms with E-state index < -0.39 is 0 Å². The van der Waals surface area contributed by atoms with E-state index in [0.29, 0.717) is 0 Å². The van der Waals surface area contributed by atoms with Gasteiger partial charge in [0, 0.05) is 29.9 Å². The van der Waals surface area contributed by atoms with Crippen LogP contribution in [0.15, 0.2) is 43.4 Å². The van der Waals surface area contributed by atoms with Gasteiger partial charge in [0.05, 0.1) is 18.2 Å². The summed E-state index contributed by atoms with van der Waals surface area (Å²) in [4.78, 5) is 18.8. The number of fused-ring (bicyclic) bond motifs is 1. The van der Waals surface area contributed by atoms with E-state index in [4.69, 9.17) is 0 Å². The monoisotopic (exact) mass is 338 g/mol. The fraction of sp³-hybridized carbons (Fsp3) is 0.400. The maximum Gasteiger partial charge on any atom is 0.240 e. The largest absolute Gasteiger partial charge is 0.367 e. The molecule has 0 radical (unpaired) electrons. The molecular weight excluding hydrogens is 312 g/mol. The number of hydrogen-bond donors (Lipinski definition) is 1. The first-order valence-corrected chi connectivity index (χ1v) is 8.67. The van der Waals surface area contributed by atoms with Crippen molar-refractivity contribution in [3.63, 3.8) is 0 Å². The highest BCUT2D eigenvalue weighted by atomic mass is 16.2. The standard InChI is InChI=1S/C20H26N4O/c1-5-9-23-10-8-16-11-15(6-7-17(16)23)18-12-21-14-24(18)13-19(25)22-20(2,3)4/h5-7,11-12,14H,1,8-10,13H2,2-4H3,(H,22,25). The fourth-order valence-electron chi connectivity index (χ4n) is 3.27. The molecule has 25 heavy (non-hydrogen) atoms. The lowest BCUT2D eigenvalue weighted by atomic mass is 10.1. The number of nitrogens with zero attached hydrogens (tertiary/aromatic N) is 3. The number of imidazole rings is 1. The molecule has 0 atom stereocenters. The Balaban J connectivity index is 1.81. The zero-order valence-corrected chi connectivity index (χ0v) is 15.2. The van der Waals surface area contributed by atoms with Crippen LogP contribution in [-0.2, 0) is 17.8 Å². The van der Waals surface area contributed by atoms with E-state index in [9.17, 15) is 4.79 Å². The topological polar surface area (TPSA) is 50.2 Å². The quantitative estimate of drug-likeness (QED) is 0.853. The van der Waals surface area contributed by atoms with Crippen LogP contribution in [0.5, 0.6) is 0 Å². The first kappa shape index (κ1) is 17.3. The third-order valence-electron chi connectivity index (χ3n) is 4.26. The Morgan fingerprint density at radius 1 is 1.40 bits per heavy atom. The number of rotatable bonds is 5.